The second kappa shape index (κ2) is 7.60. The molecule has 176 valence electrons. The second-order valence-corrected chi connectivity index (χ2v) is 9.45. The van der Waals surface area contributed by atoms with E-state index in [0.717, 1.165) is 12.1 Å². The van der Waals surface area contributed by atoms with Crippen LogP contribution in [0.15, 0.2) is 42.7 Å². The molecule has 0 atom stereocenters. The summed E-state index contributed by atoms with van der Waals surface area (Å²) in [5, 5.41) is 0. The number of carbonyl (C=O) groups is 1. The van der Waals surface area contributed by atoms with Gasteiger partial charge in [-0.3, -0.25) is 9.78 Å². The molecule has 0 spiro atoms. The molecule has 0 unspecified atom stereocenters. The van der Waals surface area contributed by atoms with Gasteiger partial charge in [0.05, 0.1) is 24.3 Å². The molecule has 2 heterocycles. The molecule has 3 aliphatic carbocycles. The molecule has 6 rings (SSSR count). The summed E-state index contributed by atoms with van der Waals surface area (Å²) in [6.07, 6.45) is 1.08. The Bertz CT molecular complexity index is 1030. The SMILES string of the molecule is COc1ccncc1N(c1ccc(C(F)(F)F)cc1)C1CCN(C(=O)C23CC(F)(C2)C3)CC1. The Balaban J connectivity index is 1.38. The molecule has 1 aromatic carbocycles. The highest BCUT2D eigenvalue weighted by Crippen LogP contribution is 2.70. The first kappa shape index (κ1) is 22.0. The largest absolute Gasteiger partial charge is 0.494 e. The summed E-state index contributed by atoms with van der Waals surface area (Å²) in [5.74, 6) is 0.603. The fourth-order valence-corrected chi connectivity index (χ4v) is 5.64. The molecule has 1 amide bonds. The quantitative estimate of drug-likeness (QED) is 0.577. The minimum atomic E-state index is -4.42. The molecular weight excluding hydrogens is 438 g/mol. The van der Waals surface area contributed by atoms with Crippen LogP contribution < -0.4 is 9.64 Å². The van der Waals surface area contributed by atoms with Crippen molar-refractivity contribution in [2.24, 2.45) is 5.41 Å². The lowest BCUT2D eigenvalue weighted by atomic mass is 9.42. The number of likely N-dealkylation sites (tertiary alicyclic amines) is 1. The number of hydrogen-bond acceptors (Lipinski definition) is 4. The first-order chi connectivity index (χ1) is 15.6. The van der Waals surface area contributed by atoms with Crippen LogP contribution in [-0.4, -0.2) is 47.7 Å². The van der Waals surface area contributed by atoms with Crippen molar-refractivity contribution in [2.45, 2.75) is 50.0 Å². The Kier molecular flexibility index (Phi) is 5.06. The Labute approximate surface area is 189 Å². The van der Waals surface area contributed by atoms with Crippen LogP contribution in [0, 0.1) is 5.41 Å². The first-order valence-corrected chi connectivity index (χ1v) is 11.1. The third-order valence-electron chi connectivity index (χ3n) is 7.25. The number of aromatic nitrogens is 1. The molecule has 4 aliphatic rings. The molecule has 1 aliphatic heterocycles. The van der Waals surface area contributed by atoms with E-state index in [1.807, 2.05) is 9.80 Å². The summed E-state index contributed by atoms with van der Waals surface area (Å²) < 4.78 is 58.7. The van der Waals surface area contributed by atoms with Gasteiger partial charge < -0.3 is 14.5 Å². The van der Waals surface area contributed by atoms with Crippen LogP contribution in [0.3, 0.4) is 0 Å². The van der Waals surface area contributed by atoms with Gasteiger partial charge in [-0.15, -0.1) is 0 Å². The van der Waals surface area contributed by atoms with Gasteiger partial charge >= 0.3 is 6.18 Å². The number of piperidine rings is 1. The summed E-state index contributed by atoms with van der Waals surface area (Å²) >= 11 is 0. The lowest BCUT2D eigenvalue weighted by Gasteiger charge is -2.65. The number of alkyl halides is 4. The normalized spacial score (nSPS) is 26.9. The molecule has 1 aromatic heterocycles. The van der Waals surface area contributed by atoms with Crippen LogP contribution in [0.5, 0.6) is 5.75 Å². The predicted molar refractivity (Wildman–Crippen MR) is 114 cm³/mol. The number of carbonyl (C=O) groups excluding carboxylic acids is 1. The van der Waals surface area contributed by atoms with Crippen LogP contribution in [0.1, 0.15) is 37.7 Å². The van der Waals surface area contributed by atoms with E-state index in [2.05, 4.69) is 4.98 Å². The monoisotopic (exact) mass is 463 g/mol. The van der Waals surface area contributed by atoms with Crippen molar-refractivity contribution in [3.8, 4) is 5.75 Å². The zero-order chi connectivity index (χ0) is 23.4. The van der Waals surface area contributed by atoms with Crippen LogP contribution >= 0.6 is 0 Å². The second-order valence-electron chi connectivity index (χ2n) is 9.45. The Hall–Kier alpha value is -2.84. The van der Waals surface area contributed by atoms with Crippen molar-refractivity contribution in [1.82, 2.24) is 9.88 Å². The number of ether oxygens (including phenoxy) is 1. The molecule has 9 heteroatoms. The lowest BCUT2D eigenvalue weighted by Crippen LogP contribution is -2.70. The topological polar surface area (TPSA) is 45.7 Å². The molecule has 2 bridgehead atoms. The van der Waals surface area contributed by atoms with Crippen molar-refractivity contribution in [2.75, 3.05) is 25.1 Å². The zero-order valence-corrected chi connectivity index (χ0v) is 18.2. The van der Waals surface area contributed by atoms with E-state index >= 15 is 0 Å². The van der Waals surface area contributed by atoms with Crippen LogP contribution in [0.25, 0.3) is 0 Å². The van der Waals surface area contributed by atoms with Crippen molar-refractivity contribution >= 4 is 17.3 Å². The zero-order valence-electron chi connectivity index (χ0n) is 18.2. The number of rotatable bonds is 5. The highest BCUT2D eigenvalue weighted by atomic mass is 19.4. The van der Waals surface area contributed by atoms with Gasteiger partial charge in [0, 0.05) is 37.1 Å². The highest BCUT2D eigenvalue weighted by molar-refractivity contribution is 5.87. The number of nitrogens with zero attached hydrogens (tertiary/aromatic N) is 3. The van der Waals surface area contributed by atoms with Gasteiger partial charge in [-0.25, -0.2) is 4.39 Å². The van der Waals surface area contributed by atoms with E-state index in [9.17, 15) is 22.4 Å². The van der Waals surface area contributed by atoms with Crippen LogP contribution in [-0.2, 0) is 11.0 Å². The molecule has 0 N–H and O–H groups in total. The number of hydrogen-bond donors (Lipinski definition) is 0. The molecule has 0 radical (unpaired) electrons. The molecular formula is C24H25F4N3O2. The summed E-state index contributed by atoms with van der Waals surface area (Å²) in [7, 11) is 1.53. The number of anilines is 2. The van der Waals surface area contributed by atoms with Gasteiger partial charge in [0.2, 0.25) is 5.91 Å². The lowest BCUT2D eigenvalue weighted by molar-refractivity contribution is -0.222. The predicted octanol–water partition coefficient (Wildman–Crippen LogP) is 5.13. The molecule has 2 aromatic rings. The third kappa shape index (κ3) is 3.71. The van der Waals surface area contributed by atoms with Gasteiger partial charge in [-0.05, 0) is 56.4 Å². The summed E-state index contributed by atoms with van der Waals surface area (Å²) in [6.45, 7) is 1.04. The van der Waals surface area contributed by atoms with Crippen molar-refractivity contribution in [3.63, 3.8) is 0 Å². The van der Waals surface area contributed by atoms with Crippen molar-refractivity contribution < 1.29 is 27.1 Å². The Morgan fingerprint density at radius 2 is 1.76 bits per heavy atom. The molecule has 1 saturated heterocycles. The Morgan fingerprint density at radius 3 is 2.30 bits per heavy atom. The molecule has 3 saturated carbocycles. The Morgan fingerprint density at radius 1 is 1.12 bits per heavy atom. The number of halogens is 4. The minimum absolute atomic E-state index is 0.0421. The summed E-state index contributed by atoms with van der Waals surface area (Å²) in [4.78, 5) is 20.9. The van der Waals surface area contributed by atoms with E-state index in [1.54, 1.807) is 18.5 Å². The van der Waals surface area contributed by atoms with Gasteiger partial charge in [0.1, 0.15) is 17.1 Å². The maximum Gasteiger partial charge on any atom is 0.416 e. The average molecular weight is 463 g/mol. The average Bonchev–Trinajstić information content (AvgIpc) is 2.76. The minimum Gasteiger partial charge on any atom is -0.494 e. The maximum absolute atomic E-state index is 13.9. The van der Waals surface area contributed by atoms with E-state index in [1.165, 1.54) is 19.2 Å². The van der Waals surface area contributed by atoms with E-state index in [-0.39, 0.29) is 11.9 Å². The van der Waals surface area contributed by atoms with Gasteiger partial charge in [0.15, 0.2) is 0 Å². The summed E-state index contributed by atoms with van der Waals surface area (Å²) in [5.41, 5.74) is -1.08. The first-order valence-electron chi connectivity index (χ1n) is 11.1. The number of amides is 1. The summed E-state index contributed by atoms with van der Waals surface area (Å²) in [6, 6.07) is 6.69. The number of pyridine rings is 1. The van der Waals surface area contributed by atoms with Gasteiger partial charge in [-0.2, -0.15) is 13.2 Å². The van der Waals surface area contributed by atoms with E-state index < -0.39 is 22.8 Å². The fourth-order valence-electron chi connectivity index (χ4n) is 5.64. The highest BCUT2D eigenvalue weighted by Gasteiger charge is 2.73. The van der Waals surface area contributed by atoms with Gasteiger partial charge in [-0.1, -0.05) is 0 Å². The van der Waals surface area contributed by atoms with Crippen LogP contribution in [0.2, 0.25) is 0 Å². The smallest absolute Gasteiger partial charge is 0.416 e. The molecule has 33 heavy (non-hydrogen) atoms. The van der Waals surface area contributed by atoms with Crippen molar-refractivity contribution in [1.29, 1.82) is 0 Å². The van der Waals surface area contributed by atoms with E-state index in [4.69, 9.17) is 4.74 Å². The van der Waals surface area contributed by atoms with Gasteiger partial charge in [0.25, 0.3) is 0 Å². The maximum atomic E-state index is 13.9. The number of methoxy groups -OCH3 is 1. The fraction of sp³-hybridized carbons (Fsp3) is 0.500. The van der Waals surface area contributed by atoms with Crippen molar-refractivity contribution in [3.05, 3.63) is 48.3 Å². The van der Waals surface area contributed by atoms with Crippen LogP contribution in [0.4, 0.5) is 28.9 Å². The number of benzene rings is 1. The molecule has 5 nitrogen and oxygen atoms in total. The standard InChI is InChI=1S/C24H25F4N3O2/c1-33-20-6-9-29-12-19(20)31(17-4-2-16(3-5-17)24(26,27)28)18-7-10-30(11-8-18)21(32)22-13-23(25,14-22)15-22/h2-6,9,12,18H,7-8,10-11,13-15H2,1H3. The third-order valence-corrected chi connectivity index (χ3v) is 7.25. The van der Waals surface area contributed by atoms with E-state index in [0.29, 0.717) is 62.3 Å². The molecule has 4 fully saturated rings.